The van der Waals surface area contributed by atoms with E-state index in [4.69, 9.17) is 19.4 Å². The highest BCUT2D eigenvalue weighted by Crippen LogP contribution is 2.31. The summed E-state index contributed by atoms with van der Waals surface area (Å²) < 4.78 is 71.3. The first-order chi connectivity index (χ1) is 18.8. The van der Waals surface area contributed by atoms with Crippen molar-refractivity contribution in [2.45, 2.75) is 49.7 Å². The van der Waals surface area contributed by atoms with Crippen LogP contribution in [0.1, 0.15) is 32.6 Å². The van der Waals surface area contributed by atoms with Gasteiger partial charge in [-0.2, -0.15) is 17.5 Å². The summed E-state index contributed by atoms with van der Waals surface area (Å²) in [4.78, 5) is 25.9. The molecule has 1 amide bonds. The minimum Gasteiger partial charge on any atom is -0.497 e. The van der Waals surface area contributed by atoms with Crippen molar-refractivity contribution in [1.82, 2.24) is 19.4 Å². The van der Waals surface area contributed by atoms with Crippen molar-refractivity contribution in [3.8, 4) is 11.5 Å². The molecule has 0 bridgehead atoms. The Kier molecular flexibility index (Phi) is 12.9. The maximum absolute atomic E-state index is 13.8. The van der Waals surface area contributed by atoms with Crippen LogP contribution < -0.4 is 14.8 Å². The number of methoxy groups -OCH3 is 2. The molecule has 2 heterocycles. The fourth-order valence-electron chi connectivity index (χ4n) is 4.50. The smallest absolute Gasteiger partial charge is 0.490 e. The molecule has 0 radical (unpaired) electrons. The zero-order valence-corrected chi connectivity index (χ0v) is 23.9. The zero-order chi connectivity index (χ0) is 29.9. The molecule has 15 heteroatoms. The Hall–Kier alpha value is -2.62. The van der Waals surface area contributed by atoms with Crippen molar-refractivity contribution in [2.75, 3.05) is 66.6 Å². The Labute approximate surface area is 233 Å². The average Bonchev–Trinajstić information content (AvgIpc) is 2.93. The van der Waals surface area contributed by atoms with Crippen LogP contribution in [0.2, 0.25) is 0 Å². The lowest BCUT2D eigenvalue weighted by molar-refractivity contribution is -0.192. The summed E-state index contributed by atoms with van der Waals surface area (Å²) in [5, 5.41) is 10.4. The van der Waals surface area contributed by atoms with Crippen LogP contribution in [-0.2, 0) is 19.6 Å². The monoisotopic (exact) mass is 596 g/mol. The molecule has 0 saturated carbocycles. The summed E-state index contributed by atoms with van der Waals surface area (Å²) >= 11 is 0. The number of piperidine rings is 1. The number of carbonyl (C=O) groups is 2. The van der Waals surface area contributed by atoms with Gasteiger partial charge in [0.05, 0.1) is 14.2 Å². The number of amides is 1. The second-order valence-corrected chi connectivity index (χ2v) is 11.4. The Morgan fingerprint density at radius 2 is 1.75 bits per heavy atom. The van der Waals surface area contributed by atoms with Gasteiger partial charge in [-0.3, -0.25) is 9.69 Å². The van der Waals surface area contributed by atoms with Gasteiger partial charge in [0.1, 0.15) is 16.4 Å². The van der Waals surface area contributed by atoms with E-state index in [1.54, 1.807) is 17.0 Å². The first-order valence-electron chi connectivity index (χ1n) is 13.1. The summed E-state index contributed by atoms with van der Waals surface area (Å²) in [6.45, 7) is 7.09. The summed E-state index contributed by atoms with van der Waals surface area (Å²) in [6, 6.07) is 5.19. The molecule has 3 rings (SSSR count). The van der Waals surface area contributed by atoms with Crippen molar-refractivity contribution in [1.29, 1.82) is 0 Å². The second-order valence-electron chi connectivity index (χ2n) is 9.49. The van der Waals surface area contributed by atoms with Gasteiger partial charge < -0.3 is 24.8 Å². The van der Waals surface area contributed by atoms with Crippen LogP contribution in [0, 0.1) is 0 Å². The molecule has 0 aliphatic carbocycles. The molecule has 1 unspecified atom stereocenters. The van der Waals surface area contributed by atoms with Gasteiger partial charge in [0, 0.05) is 64.3 Å². The molecule has 40 heavy (non-hydrogen) atoms. The number of carboxylic acids is 1. The molecule has 228 valence electrons. The number of aliphatic carboxylic acids is 1. The van der Waals surface area contributed by atoms with Crippen molar-refractivity contribution < 1.29 is 45.8 Å². The summed E-state index contributed by atoms with van der Waals surface area (Å²) in [6.07, 6.45) is -1.47. The van der Waals surface area contributed by atoms with Crippen LogP contribution in [-0.4, -0.2) is 118 Å². The quantitative estimate of drug-likeness (QED) is 0.417. The number of hydrogen-bond acceptors (Lipinski definition) is 8. The predicted octanol–water partition coefficient (Wildman–Crippen LogP) is 2.02. The van der Waals surface area contributed by atoms with E-state index in [0.29, 0.717) is 38.0 Å². The van der Waals surface area contributed by atoms with Crippen molar-refractivity contribution in [3.05, 3.63) is 18.2 Å². The van der Waals surface area contributed by atoms with Gasteiger partial charge in [-0.25, -0.2) is 13.2 Å². The summed E-state index contributed by atoms with van der Waals surface area (Å²) in [5.74, 6) is -2.07. The van der Waals surface area contributed by atoms with Gasteiger partial charge in [-0.05, 0) is 38.4 Å². The number of hydrogen-bond donors (Lipinski definition) is 2. The number of benzene rings is 1. The molecule has 1 atom stereocenters. The molecule has 1 aromatic rings. The Morgan fingerprint density at radius 1 is 1.10 bits per heavy atom. The van der Waals surface area contributed by atoms with Crippen LogP contribution >= 0.6 is 0 Å². The van der Waals surface area contributed by atoms with Crippen LogP contribution in [0.15, 0.2) is 23.1 Å². The molecule has 0 spiro atoms. The van der Waals surface area contributed by atoms with Gasteiger partial charge in [0.15, 0.2) is 0 Å². The number of ether oxygens (including phenoxy) is 2. The number of carboxylic acid groups (broad SMARTS) is 1. The Morgan fingerprint density at radius 3 is 2.30 bits per heavy atom. The Bertz CT molecular complexity index is 1080. The van der Waals surface area contributed by atoms with Gasteiger partial charge in [-0.15, -0.1) is 0 Å². The number of alkyl halides is 3. The number of halogens is 3. The number of nitrogens with one attached hydrogen (secondary N) is 1. The SMILES string of the molecule is COc1ccc(OC)c(S(=O)(=O)N(CCC(=O)N2CCNCC2)CCN2CCCCC2C)c1.O=C(O)C(F)(F)F. The van der Waals surface area contributed by atoms with E-state index in [-0.39, 0.29) is 29.5 Å². The summed E-state index contributed by atoms with van der Waals surface area (Å²) in [7, 11) is -0.950. The van der Waals surface area contributed by atoms with Crippen LogP contribution in [0.3, 0.4) is 0 Å². The number of piperazine rings is 1. The maximum atomic E-state index is 13.8. The largest absolute Gasteiger partial charge is 0.497 e. The third-order valence-corrected chi connectivity index (χ3v) is 8.77. The third-order valence-electron chi connectivity index (χ3n) is 6.85. The Balaban J connectivity index is 0.000000708. The van der Waals surface area contributed by atoms with E-state index >= 15 is 0 Å². The minimum atomic E-state index is -5.08. The average molecular weight is 597 g/mol. The van der Waals surface area contributed by atoms with Crippen molar-refractivity contribution in [2.24, 2.45) is 0 Å². The third kappa shape index (κ3) is 9.78. The fourth-order valence-corrected chi connectivity index (χ4v) is 6.10. The second kappa shape index (κ2) is 15.4. The van der Waals surface area contributed by atoms with E-state index in [1.807, 2.05) is 0 Å². The van der Waals surface area contributed by atoms with Crippen LogP contribution in [0.25, 0.3) is 0 Å². The molecule has 2 N–H and O–H groups in total. The molecule has 2 fully saturated rings. The lowest BCUT2D eigenvalue weighted by atomic mass is 10.0. The van der Waals surface area contributed by atoms with Gasteiger partial charge in [0.2, 0.25) is 15.9 Å². The van der Waals surface area contributed by atoms with Crippen molar-refractivity contribution in [3.63, 3.8) is 0 Å². The highest BCUT2D eigenvalue weighted by atomic mass is 32.2. The normalized spacial score (nSPS) is 18.6. The minimum absolute atomic E-state index is 0.0133. The molecule has 2 aliphatic rings. The standard InChI is InChI=1S/C23H38N4O5S.C2HF3O2/c1-19-6-4-5-12-25(19)16-17-27(13-9-23(28)26-14-10-24-11-15-26)33(29,30)22-18-20(31-2)7-8-21(22)32-3;3-2(4,5)1(6)7/h7-8,18-19,24H,4-6,9-17H2,1-3H3;(H,6,7). The van der Waals surface area contributed by atoms with Crippen LogP contribution in [0.5, 0.6) is 11.5 Å². The molecule has 2 saturated heterocycles. The predicted molar refractivity (Wildman–Crippen MR) is 141 cm³/mol. The molecular formula is C25H39F3N4O7S. The zero-order valence-electron chi connectivity index (χ0n) is 23.1. The molecule has 1 aromatic carbocycles. The van der Waals surface area contributed by atoms with E-state index in [1.165, 1.54) is 31.0 Å². The number of nitrogens with zero attached hydrogens (tertiary/aromatic N) is 3. The molecule has 11 nitrogen and oxygen atoms in total. The first-order valence-corrected chi connectivity index (χ1v) is 14.5. The molecular weight excluding hydrogens is 557 g/mol. The highest BCUT2D eigenvalue weighted by molar-refractivity contribution is 7.89. The lowest BCUT2D eigenvalue weighted by Gasteiger charge is -2.35. The molecule has 0 aromatic heterocycles. The van der Waals surface area contributed by atoms with Gasteiger partial charge in [0.25, 0.3) is 0 Å². The number of rotatable bonds is 10. The topological polar surface area (TPSA) is 129 Å². The van der Waals surface area contributed by atoms with Crippen LogP contribution in [0.4, 0.5) is 13.2 Å². The molecule has 2 aliphatic heterocycles. The number of sulfonamides is 1. The summed E-state index contributed by atoms with van der Waals surface area (Å²) in [5.41, 5.74) is 0. The van der Waals surface area contributed by atoms with Crippen molar-refractivity contribution >= 4 is 21.9 Å². The number of carbonyl (C=O) groups excluding carboxylic acids is 1. The maximum Gasteiger partial charge on any atom is 0.490 e. The van der Waals surface area contributed by atoms with E-state index in [0.717, 1.165) is 32.5 Å². The van der Waals surface area contributed by atoms with E-state index < -0.39 is 22.2 Å². The fraction of sp³-hybridized carbons (Fsp3) is 0.680. The lowest BCUT2D eigenvalue weighted by Crippen LogP contribution is -2.48. The highest BCUT2D eigenvalue weighted by Gasteiger charge is 2.38. The van der Waals surface area contributed by atoms with Gasteiger partial charge >= 0.3 is 12.1 Å². The number of likely N-dealkylation sites (tertiary alicyclic amines) is 1. The first kappa shape index (κ1) is 33.6. The van der Waals surface area contributed by atoms with E-state index in [9.17, 15) is 26.4 Å². The van der Waals surface area contributed by atoms with Gasteiger partial charge in [-0.1, -0.05) is 6.42 Å². The van der Waals surface area contributed by atoms with E-state index in [2.05, 4.69) is 17.1 Å².